The molecule has 1 aromatic rings. The second-order valence-electron chi connectivity index (χ2n) is 7.41. The van der Waals surface area contributed by atoms with Gasteiger partial charge >= 0.3 is 12.1 Å². The van der Waals surface area contributed by atoms with E-state index in [9.17, 15) is 24.3 Å². The maximum absolute atomic E-state index is 13.1. The highest BCUT2D eigenvalue weighted by atomic mass is 16.5. The number of phenolic OH excluding ortho intramolecular Hbond substituents is 1. The zero-order valence-electron chi connectivity index (χ0n) is 19.1. The van der Waals surface area contributed by atoms with Crippen molar-refractivity contribution < 1.29 is 33.8 Å². The van der Waals surface area contributed by atoms with Crippen molar-refractivity contribution in [3.05, 3.63) is 29.8 Å². The Kier molecular flexibility index (Phi) is 11.0. The molecule has 0 aromatic heterocycles. The fourth-order valence-electron chi connectivity index (χ4n) is 2.89. The molecule has 0 spiro atoms. The third-order valence-electron chi connectivity index (χ3n) is 4.97. The topological polar surface area (TPSA) is 143 Å². The Hall–Kier alpha value is -3.30. The number of nitrogens with one attached hydrogen (secondary N) is 3. The Morgan fingerprint density at radius 3 is 2.12 bits per heavy atom. The van der Waals surface area contributed by atoms with Crippen LogP contribution < -0.4 is 16.0 Å². The van der Waals surface area contributed by atoms with Gasteiger partial charge in [-0.3, -0.25) is 9.59 Å². The summed E-state index contributed by atoms with van der Waals surface area (Å²) in [6.45, 7) is 6.91. The highest BCUT2D eigenvalue weighted by molar-refractivity contribution is 5.93. The van der Waals surface area contributed by atoms with E-state index in [1.54, 1.807) is 26.0 Å². The minimum Gasteiger partial charge on any atom is -0.508 e. The highest BCUT2D eigenvalue weighted by Gasteiger charge is 2.31. The maximum atomic E-state index is 13.1. The Morgan fingerprint density at radius 2 is 1.59 bits per heavy atom. The molecule has 0 aliphatic carbocycles. The smallest absolute Gasteiger partial charge is 0.407 e. The van der Waals surface area contributed by atoms with Crippen molar-refractivity contribution in [3.63, 3.8) is 0 Å². The van der Waals surface area contributed by atoms with Gasteiger partial charge in [-0.1, -0.05) is 32.4 Å². The lowest BCUT2D eigenvalue weighted by molar-refractivity contribution is -0.145. The number of methoxy groups -OCH3 is 1. The molecular weight excluding hydrogens is 418 g/mol. The van der Waals surface area contributed by atoms with E-state index >= 15 is 0 Å². The van der Waals surface area contributed by atoms with Gasteiger partial charge in [-0.15, -0.1) is 0 Å². The van der Waals surface area contributed by atoms with E-state index in [2.05, 4.69) is 20.7 Å². The summed E-state index contributed by atoms with van der Waals surface area (Å²) in [6, 6.07) is 3.33. The number of carbonyl (C=O) groups is 4. The van der Waals surface area contributed by atoms with Crippen LogP contribution in [0.3, 0.4) is 0 Å². The number of esters is 1. The number of alkyl carbamates (subject to hydrolysis) is 1. The highest BCUT2D eigenvalue weighted by Crippen LogP contribution is 2.13. The predicted molar refractivity (Wildman–Crippen MR) is 117 cm³/mol. The number of benzene rings is 1. The second-order valence-corrected chi connectivity index (χ2v) is 7.41. The van der Waals surface area contributed by atoms with Crippen LogP contribution in [0.5, 0.6) is 5.75 Å². The Bertz CT molecular complexity index is 782. The van der Waals surface area contributed by atoms with Crippen LogP contribution in [0.4, 0.5) is 4.79 Å². The molecule has 0 heterocycles. The summed E-state index contributed by atoms with van der Waals surface area (Å²) in [4.78, 5) is 49.5. The number of rotatable bonds is 11. The van der Waals surface area contributed by atoms with Gasteiger partial charge in [0.1, 0.15) is 23.9 Å². The maximum Gasteiger partial charge on any atom is 0.407 e. The largest absolute Gasteiger partial charge is 0.508 e. The van der Waals surface area contributed by atoms with Crippen molar-refractivity contribution in [2.75, 3.05) is 13.7 Å². The summed E-state index contributed by atoms with van der Waals surface area (Å²) >= 11 is 0. The molecule has 0 aliphatic rings. The molecule has 10 nitrogen and oxygen atoms in total. The van der Waals surface area contributed by atoms with E-state index in [0.29, 0.717) is 12.0 Å². The summed E-state index contributed by atoms with van der Waals surface area (Å²) in [5.74, 6) is -1.91. The lowest BCUT2D eigenvalue weighted by Gasteiger charge is -2.27. The number of phenols is 1. The first-order chi connectivity index (χ1) is 15.1. The summed E-state index contributed by atoms with van der Waals surface area (Å²) in [5, 5.41) is 17.2. The molecule has 178 valence electrons. The molecule has 0 saturated carbocycles. The van der Waals surface area contributed by atoms with Gasteiger partial charge in [-0.2, -0.15) is 0 Å². The summed E-state index contributed by atoms with van der Waals surface area (Å²) in [6.07, 6.45) is -0.0765. The average Bonchev–Trinajstić information content (AvgIpc) is 2.77. The number of carbonyl (C=O) groups excluding carboxylic acids is 4. The van der Waals surface area contributed by atoms with Gasteiger partial charge in [0, 0.05) is 6.42 Å². The monoisotopic (exact) mass is 451 g/mol. The van der Waals surface area contributed by atoms with Crippen molar-refractivity contribution >= 4 is 23.9 Å². The first kappa shape index (κ1) is 26.7. The van der Waals surface area contributed by atoms with Crippen molar-refractivity contribution in [2.24, 2.45) is 5.92 Å². The van der Waals surface area contributed by atoms with Gasteiger partial charge in [-0.05, 0) is 37.5 Å². The molecule has 1 rings (SSSR count). The van der Waals surface area contributed by atoms with Gasteiger partial charge in [-0.25, -0.2) is 9.59 Å². The molecular formula is C22H33N3O7. The fraction of sp³-hybridized carbons (Fsp3) is 0.545. The molecule has 0 radical (unpaired) electrons. The van der Waals surface area contributed by atoms with Crippen molar-refractivity contribution in [1.82, 2.24) is 16.0 Å². The van der Waals surface area contributed by atoms with E-state index in [1.165, 1.54) is 26.2 Å². The van der Waals surface area contributed by atoms with Crippen LogP contribution in [0.15, 0.2) is 24.3 Å². The molecule has 4 N–H and O–H groups in total. The van der Waals surface area contributed by atoms with Crippen LogP contribution in [0, 0.1) is 5.92 Å². The molecule has 0 saturated heterocycles. The van der Waals surface area contributed by atoms with Gasteiger partial charge < -0.3 is 30.5 Å². The minimum atomic E-state index is -1.03. The molecule has 4 atom stereocenters. The molecule has 0 fully saturated rings. The van der Waals surface area contributed by atoms with Crippen LogP contribution in [0.1, 0.15) is 39.7 Å². The third kappa shape index (κ3) is 8.44. The van der Waals surface area contributed by atoms with Crippen LogP contribution in [-0.4, -0.2) is 60.8 Å². The van der Waals surface area contributed by atoms with E-state index in [4.69, 9.17) is 4.74 Å². The second kappa shape index (κ2) is 13.2. The van der Waals surface area contributed by atoms with Crippen molar-refractivity contribution in [2.45, 2.75) is 58.7 Å². The molecule has 3 amide bonds. The average molecular weight is 452 g/mol. The van der Waals surface area contributed by atoms with E-state index < -0.39 is 42.0 Å². The summed E-state index contributed by atoms with van der Waals surface area (Å²) in [5.41, 5.74) is 0.684. The Balaban J connectivity index is 3.03. The quantitative estimate of drug-likeness (QED) is 0.371. The van der Waals surface area contributed by atoms with Crippen LogP contribution >= 0.6 is 0 Å². The van der Waals surface area contributed by atoms with Crippen LogP contribution in [0.25, 0.3) is 0 Å². The van der Waals surface area contributed by atoms with Gasteiger partial charge in [0.25, 0.3) is 0 Å². The molecule has 0 unspecified atom stereocenters. The lowest BCUT2D eigenvalue weighted by Crippen LogP contribution is -2.57. The minimum absolute atomic E-state index is 0.0707. The lowest BCUT2D eigenvalue weighted by atomic mass is 9.97. The molecule has 0 bridgehead atoms. The summed E-state index contributed by atoms with van der Waals surface area (Å²) in [7, 11) is 1.22. The standard InChI is InChI=1S/C22H33N3O7/c1-6-13(3)18(20(28)23-14(4)21(29)31-5)25-19(27)17(24-22(30)32-7-2)12-15-8-10-16(26)11-9-15/h8-11,13-14,17-18,26H,6-7,12H2,1-5H3,(H,23,28)(H,24,30)(H,25,27)/t13-,14-,17-,18-/m0/s1. The zero-order valence-corrected chi connectivity index (χ0v) is 19.1. The SMILES string of the molecule is CCOC(=O)N[C@@H](Cc1ccc(O)cc1)C(=O)N[C@H](C(=O)N[C@@H](C)C(=O)OC)[C@@H](C)CC. The fourth-order valence-corrected chi connectivity index (χ4v) is 2.89. The Labute approximate surface area is 188 Å². The van der Waals surface area contributed by atoms with Gasteiger partial charge in [0.05, 0.1) is 13.7 Å². The number of aromatic hydroxyl groups is 1. The number of hydrogen-bond acceptors (Lipinski definition) is 7. The zero-order chi connectivity index (χ0) is 24.3. The van der Waals surface area contributed by atoms with Crippen molar-refractivity contribution in [3.8, 4) is 5.75 Å². The van der Waals surface area contributed by atoms with Crippen molar-refractivity contribution in [1.29, 1.82) is 0 Å². The number of amides is 3. The first-order valence-corrected chi connectivity index (χ1v) is 10.5. The van der Waals surface area contributed by atoms with E-state index in [0.717, 1.165) is 0 Å². The Morgan fingerprint density at radius 1 is 0.969 bits per heavy atom. The van der Waals surface area contributed by atoms with Crippen LogP contribution in [0.2, 0.25) is 0 Å². The first-order valence-electron chi connectivity index (χ1n) is 10.5. The van der Waals surface area contributed by atoms with Gasteiger partial charge in [0.2, 0.25) is 11.8 Å². The van der Waals surface area contributed by atoms with Gasteiger partial charge in [0.15, 0.2) is 0 Å². The number of ether oxygens (including phenoxy) is 2. The normalized spacial score (nSPS) is 14.3. The van der Waals surface area contributed by atoms with Crippen LogP contribution in [-0.2, 0) is 30.3 Å². The van der Waals surface area contributed by atoms with E-state index in [-0.39, 0.29) is 24.7 Å². The molecule has 32 heavy (non-hydrogen) atoms. The number of hydrogen-bond donors (Lipinski definition) is 4. The summed E-state index contributed by atoms with van der Waals surface area (Å²) < 4.78 is 9.51. The molecule has 10 heteroatoms. The van der Waals surface area contributed by atoms with E-state index in [1.807, 2.05) is 6.92 Å². The molecule has 1 aromatic carbocycles. The predicted octanol–water partition coefficient (Wildman–Crippen LogP) is 1.26. The molecule has 0 aliphatic heterocycles. The third-order valence-corrected chi connectivity index (χ3v) is 4.97.